The average molecular weight is 350 g/mol. The lowest BCUT2D eigenvalue weighted by atomic mass is 9.93. The van der Waals surface area contributed by atoms with Gasteiger partial charge < -0.3 is 14.6 Å². The smallest absolute Gasteiger partial charge is 0.309 e. The molecule has 0 atom stereocenters. The lowest BCUT2D eigenvalue weighted by Crippen LogP contribution is -2.24. The summed E-state index contributed by atoms with van der Waals surface area (Å²) in [5.74, 6) is -1.61. The summed E-state index contributed by atoms with van der Waals surface area (Å²) in [5.41, 5.74) is 1.81. The van der Waals surface area contributed by atoms with Crippen LogP contribution in [0.4, 0.5) is 0 Å². The molecule has 0 aliphatic carbocycles. The molecule has 0 heterocycles. The molecule has 0 saturated heterocycles. The number of aryl methyl sites for hydroxylation is 2. The lowest BCUT2D eigenvalue weighted by molar-refractivity contribution is -0.154. The van der Waals surface area contributed by atoms with Gasteiger partial charge in [-0.2, -0.15) is 0 Å². The second-order valence-corrected chi connectivity index (χ2v) is 6.79. The van der Waals surface area contributed by atoms with Crippen LogP contribution in [0, 0.1) is 0 Å². The average Bonchev–Trinajstić information content (AvgIpc) is 2.50. The van der Waals surface area contributed by atoms with E-state index in [1.807, 2.05) is 12.1 Å². The van der Waals surface area contributed by atoms with Crippen LogP contribution in [0.15, 0.2) is 18.2 Å². The Kier molecular flexibility index (Phi) is 7.61. The molecule has 1 rings (SSSR count). The van der Waals surface area contributed by atoms with Crippen molar-refractivity contribution in [2.24, 2.45) is 0 Å². The van der Waals surface area contributed by atoms with Gasteiger partial charge in [0.2, 0.25) is 0 Å². The van der Waals surface area contributed by atoms with Crippen LogP contribution in [0.2, 0.25) is 0 Å². The zero-order valence-corrected chi connectivity index (χ0v) is 15.3. The highest BCUT2D eigenvalue weighted by molar-refractivity contribution is 5.74. The van der Waals surface area contributed by atoms with Gasteiger partial charge in [-0.15, -0.1) is 0 Å². The predicted molar refractivity (Wildman–Crippen MR) is 92.3 cm³/mol. The minimum absolute atomic E-state index is 0.0241. The fourth-order valence-corrected chi connectivity index (χ4v) is 2.47. The Hall–Kier alpha value is -2.37. The number of carboxylic acid groups (broad SMARTS) is 1. The molecule has 0 aromatic heterocycles. The molecule has 6 nitrogen and oxygen atoms in total. The van der Waals surface area contributed by atoms with Gasteiger partial charge in [0.25, 0.3) is 0 Å². The standard InChI is InChI=1S/C19H26O6/c1-19(2,3)25-17(22)11-9-14-7-5-6-13(8-10-16(20)21)15(14)12-18(23)24-4/h5-7H,8-12H2,1-4H3,(H,20,21). The minimum Gasteiger partial charge on any atom is -0.481 e. The van der Waals surface area contributed by atoms with E-state index in [1.165, 1.54) is 7.11 Å². The van der Waals surface area contributed by atoms with Crippen LogP contribution in [-0.4, -0.2) is 35.7 Å². The molecule has 25 heavy (non-hydrogen) atoms. The van der Waals surface area contributed by atoms with Gasteiger partial charge in [-0.05, 0) is 50.3 Å². The van der Waals surface area contributed by atoms with Crippen LogP contribution in [-0.2, 0) is 43.1 Å². The molecule has 1 aromatic carbocycles. The maximum Gasteiger partial charge on any atom is 0.309 e. The third-order valence-corrected chi connectivity index (χ3v) is 3.55. The monoisotopic (exact) mass is 350 g/mol. The van der Waals surface area contributed by atoms with Gasteiger partial charge in [0.15, 0.2) is 0 Å². The van der Waals surface area contributed by atoms with Crippen LogP contribution in [0.3, 0.4) is 0 Å². The highest BCUT2D eigenvalue weighted by Crippen LogP contribution is 2.20. The van der Waals surface area contributed by atoms with E-state index in [9.17, 15) is 14.4 Å². The number of hydrogen-bond donors (Lipinski definition) is 1. The summed E-state index contributed by atoms with van der Waals surface area (Å²) in [6, 6.07) is 5.45. The van der Waals surface area contributed by atoms with Gasteiger partial charge in [0.05, 0.1) is 13.5 Å². The summed E-state index contributed by atoms with van der Waals surface area (Å²) in [6.07, 6.45) is 0.956. The van der Waals surface area contributed by atoms with Gasteiger partial charge in [-0.3, -0.25) is 14.4 Å². The topological polar surface area (TPSA) is 89.9 Å². The molecule has 0 fully saturated rings. The van der Waals surface area contributed by atoms with Crippen molar-refractivity contribution < 1.29 is 29.0 Å². The first-order chi connectivity index (χ1) is 11.6. The van der Waals surface area contributed by atoms with Crippen LogP contribution < -0.4 is 0 Å². The lowest BCUT2D eigenvalue weighted by Gasteiger charge is -2.20. The molecule has 0 spiro atoms. The van der Waals surface area contributed by atoms with E-state index >= 15 is 0 Å². The molecule has 0 bridgehead atoms. The Labute approximate surface area is 148 Å². The van der Waals surface area contributed by atoms with Gasteiger partial charge in [-0.1, -0.05) is 18.2 Å². The van der Waals surface area contributed by atoms with E-state index in [0.717, 1.165) is 16.7 Å². The summed E-state index contributed by atoms with van der Waals surface area (Å²) in [7, 11) is 1.31. The number of methoxy groups -OCH3 is 1. The summed E-state index contributed by atoms with van der Waals surface area (Å²) in [5, 5.41) is 8.89. The second-order valence-electron chi connectivity index (χ2n) is 6.79. The molecular weight excluding hydrogens is 324 g/mol. The molecule has 0 amide bonds. The number of benzene rings is 1. The van der Waals surface area contributed by atoms with Gasteiger partial charge in [-0.25, -0.2) is 0 Å². The summed E-state index contributed by atoms with van der Waals surface area (Å²) >= 11 is 0. The number of aliphatic carboxylic acids is 1. The molecule has 1 aromatic rings. The van der Waals surface area contributed by atoms with E-state index in [-0.39, 0.29) is 25.2 Å². The Morgan fingerprint density at radius 2 is 1.56 bits per heavy atom. The predicted octanol–water partition coefficient (Wildman–Crippen LogP) is 2.69. The zero-order chi connectivity index (χ0) is 19.0. The number of carbonyl (C=O) groups excluding carboxylic acids is 2. The Morgan fingerprint density at radius 1 is 1.00 bits per heavy atom. The SMILES string of the molecule is COC(=O)Cc1c(CCC(=O)O)cccc1CCC(=O)OC(C)(C)C. The summed E-state index contributed by atoms with van der Waals surface area (Å²) in [4.78, 5) is 34.5. The number of rotatable bonds is 8. The highest BCUT2D eigenvalue weighted by atomic mass is 16.6. The van der Waals surface area contributed by atoms with Crippen LogP contribution in [0.5, 0.6) is 0 Å². The van der Waals surface area contributed by atoms with E-state index in [0.29, 0.717) is 12.8 Å². The maximum atomic E-state index is 11.9. The second kappa shape index (κ2) is 9.20. The Bertz CT molecular complexity index is 627. The van der Waals surface area contributed by atoms with Crippen LogP contribution >= 0.6 is 0 Å². The Morgan fingerprint density at radius 3 is 2.04 bits per heavy atom. The van der Waals surface area contributed by atoms with Crippen molar-refractivity contribution in [3.63, 3.8) is 0 Å². The number of esters is 2. The number of carboxylic acids is 1. The van der Waals surface area contributed by atoms with Crippen molar-refractivity contribution in [1.82, 2.24) is 0 Å². The van der Waals surface area contributed by atoms with E-state index in [2.05, 4.69) is 0 Å². The molecule has 138 valence electrons. The largest absolute Gasteiger partial charge is 0.481 e. The molecule has 1 N–H and O–H groups in total. The van der Waals surface area contributed by atoms with Gasteiger partial charge in [0, 0.05) is 12.8 Å². The number of hydrogen-bond acceptors (Lipinski definition) is 5. The molecule has 6 heteroatoms. The first kappa shape index (κ1) is 20.7. The molecule has 0 aliphatic heterocycles. The van der Waals surface area contributed by atoms with Crippen molar-refractivity contribution in [2.75, 3.05) is 7.11 Å². The molecular formula is C19H26O6. The fraction of sp³-hybridized carbons (Fsp3) is 0.526. The minimum atomic E-state index is -0.900. The van der Waals surface area contributed by atoms with Crippen LogP contribution in [0.25, 0.3) is 0 Å². The van der Waals surface area contributed by atoms with Crippen molar-refractivity contribution in [3.05, 3.63) is 34.9 Å². The van der Waals surface area contributed by atoms with Crippen molar-refractivity contribution in [2.45, 2.75) is 58.5 Å². The summed E-state index contributed by atoms with van der Waals surface area (Å²) < 4.78 is 10.0. The molecule has 0 radical (unpaired) electrons. The van der Waals surface area contributed by atoms with Crippen molar-refractivity contribution >= 4 is 17.9 Å². The van der Waals surface area contributed by atoms with Gasteiger partial charge >= 0.3 is 17.9 Å². The molecule has 0 aliphatic rings. The quantitative estimate of drug-likeness (QED) is 0.725. The first-order valence-corrected chi connectivity index (χ1v) is 8.22. The summed E-state index contributed by atoms with van der Waals surface area (Å²) in [6.45, 7) is 5.42. The van der Waals surface area contributed by atoms with Crippen molar-refractivity contribution in [3.8, 4) is 0 Å². The van der Waals surface area contributed by atoms with Gasteiger partial charge in [0.1, 0.15) is 5.60 Å². The van der Waals surface area contributed by atoms with E-state index < -0.39 is 17.5 Å². The highest BCUT2D eigenvalue weighted by Gasteiger charge is 2.18. The maximum absolute atomic E-state index is 11.9. The van der Waals surface area contributed by atoms with Crippen molar-refractivity contribution in [1.29, 1.82) is 0 Å². The normalized spacial score (nSPS) is 11.0. The third kappa shape index (κ3) is 7.83. The Balaban J connectivity index is 2.95. The first-order valence-electron chi connectivity index (χ1n) is 8.22. The zero-order valence-electron chi connectivity index (χ0n) is 15.3. The van der Waals surface area contributed by atoms with E-state index in [1.54, 1.807) is 26.8 Å². The van der Waals surface area contributed by atoms with Crippen LogP contribution in [0.1, 0.15) is 50.3 Å². The molecule has 0 unspecified atom stereocenters. The fourth-order valence-electron chi connectivity index (χ4n) is 2.47. The van der Waals surface area contributed by atoms with E-state index in [4.69, 9.17) is 14.6 Å². The number of ether oxygens (including phenoxy) is 2. The third-order valence-electron chi connectivity index (χ3n) is 3.55. The number of carbonyl (C=O) groups is 3. The molecule has 0 saturated carbocycles.